The van der Waals surface area contributed by atoms with E-state index in [-0.39, 0.29) is 17.7 Å². The molecule has 0 aromatic carbocycles. The maximum Gasteiger partial charge on any atom is 0.264 e. The number of imidazole rings is 1. The van der Waals surface area contributed by atoms with E-state index in [0.29, 0.717) is 24.3 Å². The smallest absolute Gasteiger partial charge is 0.264 e. The van der Waals surface area contributed by atoms with E-state index in [0.717, 1.165) is 0 Å². The number of aliphatic hydroxyl groups excluding tert-OH is 1. The van der Waals surface area contributed by atoms with Crippen LogP contribution in [-0.4, -0.2) is 67.3 Å². The molecular weight excluding hydrogens is 415 g/mol. The minimum absolute atomic E-state index is 0.0870. The van der Waals surface area contributed by atoms with Gasteiger partial charge < -0.3 is 24.6 Å². The lowest BCUT2D eigenvalue weighted by Crippen LogP contribution is -2.42. The molecule has 2 aliphatic heterocycles. The molecule has 2 saturated heterocycles. The second kappa shape index (κ2) is 7.16. The highest BCUT2D eigenvalue weighted by Crippen LogP contribution is 2.58. The first-order chi connectivity index (χ1) is 12.9. The number of nitrogens with zero attached hydrogens (tertiary/aromatic N) is 5. The molecule has 2 aromatic rings. The average molecular weight is 435 g/mol. The SMILES string of the molecule is CCN(CC)P1(=S)OCC2OC(n3c(Cl)nc4c(N)ncnc43)C(O)C2O1. The van der Waals surface area contributed by atoms with Crippen molar-refractivity contribution in [2.24, 2.45) is 0 Å². The van der Waals surface area contributed by atoms with Crippen LogP contribution >= 0.6 is 18.2 Å². The van der Waals surface area contributed by atoms with Gasteiger partial charge in [-0.3, -0.25) is 4.57 Å². The summed E-state index contributed by atoms with van der Waals surface area (Å²) in [5.74, 6) is 0.196. The van der Waals surface area contributed by atoms with Gasteiger partial charge in [0, 0.05) is 13.1 Å². The summed E-state index contributed by atoms with van der Waals surface area (Å²) in [5, 5.41) is 11.0. The van der Waals surface area contributed by atoms with E-state index >= 15 is 0 Å². The van der Waals surface area contributed by atoms with Gasteiger partial charge in [-0.1, -0.05) is 13.8 Å². The summed E-state index contributed by atoms with van der Waals surface area (Å²) >= 11 is 11.9. The first-order valence-electron chi connectivity index (χ1n) is 8.55. The fraction of sp³-hybridized carbons (Fsp3) is 0.643. The quantitative estimate of drug-likeness (QED) is 0.538. The van der Waals surface area contributed by atoms with E-state index in [2.05, 4.69) is 15.0 Å². The Morgan fingerprint density at radius 1 is 1.44 bits per heavy atom. The highest BCUT2D eigenvalue weighted by Gasteiger charge is 2.53. The number of fused-ring (bicyclic) bond motifs is 2. The monoisotopic (exact) mass is 434 g/mol. The van der Waals surface area contributed by atoms with Crippen LogP contribution in [0.4, 0.5) is 5.82 Å². The second-order valence-corrected chi connectivity index (χ2v) is 9.91. The Hall–Kier alpha value is -0.910. The molecule has 5 atom stereocenters. The lowest BCUT2D eigenvalue weighted by molar-refractivity contribution is -0.0575. The van der Waals surface area contributed by atoms with Crippen LogP contribution in [0, 0.1) is 0 Å². The third-order valence-corrected chi connectivity index (χ3v) is 8.54. The van der Waals surface area contributed by atoms with Crippen molar-refractivity contribution in [1.29, 1.82) is 0 Å². The summed E-state index contributed by atoms with van der Waals surface area (Å²) in [6, 6.07) is 0. The number of nitrogens with two attached hydrogens (primary N) is 1. The first-order valence-corrected chi connectivity index (χ1v) is 11.5. The van der Waals surface area contributed by atoms with Crippen LogP contribution in [0.25, 0.3) is 11.2 Å². The fourth-order valence-corrected chi connectivity index (χ4v) is 6.78. The van der Waals surface area contributed by atoms with Gasteiger partial charge in [0.2, 0.25) is 5.28 Å². The standard InChI is InChI=1S/C14H20ClN6O4PS/c1-3-20(4-2)26(27)23-5-7-10(25-26)9(22)13(24-7)21-12-8(19-14(21)15)11(16)17-6-18-12/h6-7,9-10,13,22H,3-5H2,1-2H3,(H2,16,17,18). The molecule has 0 bridgehead atoms. The molecule has 0 spiro atoms. The molecule has 148 valence electrons. The van der Waals surface area contributed by atoms with Crippen LogP contribution in [0.5, 0.6) is 0 Å². The Balaban J connectivity index is 1.67. The normalized spacial score (nSPS) is 33.7. The number of halogens is 1. The van der Waals surface area contributed by atoms with Crippen LogP contribution in [0.2, 0.25) is 5.28 Å². The Kier molecular flexibility index (Phi) is 5.15. The molecule has 0 saturated carbocycles. The van der Waals surface area contributed by atoms with Gasteiger partial charge in [-0.25, -0.2) is 19.6 Å². The van der Waals surface area contributed by atoms with Crippen molar-refractivity contribution in [3.63, 3.8) is 0 Å². The molecule has 0 radical (unpaired) electrons. The molecule has 4 heterocycles. The van der Waals surface area contributed by atoms with E-state index in [4.69, 9.17) is 42.9 Å². The number of rotatable bonds is 4. The van der Waals surface area contributed by atoms with Gasteiger partial charge in [0.1, 0.15) is 24.6 Å². The zero-order chi connectivity index (χ0) is 19.3. The third kappa shape index (κ3) is 3.06. The summed E-state index contributed by atoms with van der Waals surface area (Å²) < 4.78 is 21.4. The van der Waals surface area contributed by atoms with Crippen LogP contribution in [0.15, 0.2) is 6.33 Å². The molecule has 2 aromatic heterocycles. The minimum atomic E-state index is -2.68. The highest BCUT2D eigenvalue weighted by atomic mass is 35.5. The number of aliphatic hydroxyl groups is 1. The first kappa shape index (κ1) is 19.4. The van der Waals surface area contributed by atoms with Gasteiger partial charge in [-0.05, 0) is 23.4 Å². The van der Waals surface area contributed by atoms with Crippen LogP contribution in [-0.2, 0) is 25.6 Å². The van der Waals surface area contributed by atoms with Crippen molar-refractivity contribution in [3.8, 4) is 0 Å². The van der Waals surface area contributed by atoms with Crippen molar-refractivity contribution in [2.75, 3.05) is 25.4 Å². The Bertz CT molecular complexity index is 911. The number of nitrogen functional groups attached to an aromatic ring is 1. The zero-order valence-electron chi connectivity index (χ0n) is 14.7. The fourth-order valence-electron chi connectivity index (χ4n) is 3.39. The van der Waals surface area contributed by atoms with E-state index < -0.39 is 31.2 Å². The lowest BCUT2D eigenvalue weighted by Gasteiger charge is -2.39. The molecule has 3 N–H and O–H groups in total. The molecule has 13 heteroatoms. The molecular formula is C14H20ClN6O4PS. The maximum atomic E-state index is 10.9. The predicted octanol–water partition coefficient (Wildman–Crippen LogP) is 1.30. The number of hydrogen-bond acceptors (Lipinski definition) is 9. The number of hydrogen-bond donors (Lipinski definition) is 2. The van der Waals surface area contributed by atoms with Crippen molar-refractivity contribution < 1.29 is 18.9 Å². The average Bonchev–Trinajstić information content (AvgIpc) is 3.13. The number of aromatic nitrogens is 4. The van der Waals surface area contributed by atoms with Crippen molar-refractivity contribution in [2.45, 2.75) is 38.4 Å². The number of anilines is 1. The van der Waals surface area contributed by atoms with E-state index in [1.807, 2.05) is 18.5 Å². The van der Waals surface area contributed by atoms with E-state index in [9.17, 15) is 5.11 Å². The topological polar surface area (TPSA) is 121 Å². The zero-order valence-corrected chi connectivity index (χ0v) is 17.2. The molecule has 10 nitrogen and oxygen atoms in total. The summed E-state index contributed by atoms with van der Waals surface area (Å²) in [5.41, 5.74) is 6.56. The second-order valence-electron chi connectivity index (χ2n) is 6.21. The summed E-state index contributed by atoms with van der Waals surface area (Å²) in [4.78, 5) is 12.3. The molecule has 0 amide bonds. The maximum absolute atomic E-state index is 10.9. The Morgan fingerprint density at radius 2 is 2.19 bits per heavy atom. The Labute approximate surface area is 165 Å². The van der Waals surface area contributed by atoms with Gasteiger partial charge in [0.05, 0.1) is 6.61 Å². The van der Waals surface area contributed by atoms with Gasteiger partial charge >= 0.3 is 0 Å². The molecule has 4 rings (SSSR count). The molecule has 27 heavy (non-hydrogen) atoms. The van der Waals surface area contributed by atoms with Crippen molar-refractivity contribution in [1.82, 2.24) is 24.2 Å². The van der Waals surface area contributed by atoms with Crippen molar-refractivity contribution in [3.05, 3.63) is 11.6 Å². The molecule has 5 unspecified atom stereocenters. The lowest BCUT2D eigenvalue weighted by atomic mass is 10.1. The van der Waals surface area contributed by atoms with Gasteiger partial charge in [-0.15, -0.1) is 0 Å². The van der Waals surface area contributed by atoms with E-state index in [1.54, 1.807) is 0 Å². The number of ether oxygens (including phenoxy) is 1. The van der Waals surface area contributed by atoms with Crippen LogP contribution < -0.4 is 5.73 Å². The largest absolute Gasteiger partial charge is 0.386 e. The van der Waals surface area contributed by atoms with E-state index in [1.165, 1.54) is 10.9 Å². The van der Waals surface area contributed by atoms with Crippen molar-refractivity contribution >= 4 is 47.0 Å². The van der Waals surface area contributed by atoms with Gasteiger partial charge in [0.25, 0.3) is 6.64 Å². The molecule has 2 fully saturated rings. The Morgan fingerprint density at radius 3 is 2.89 bits per heavy atom. The molecule has 2 aliphatic rings. The van der Waals surface area contributed by atoms with Gasteiger partial charge in [0.15, 0.2) is 23.2 Å². The van der Waals surface area contributed by atoms with Crippen LogP contribution in [0.3, 0.4) is 0 Å². The van der Waals surface area contributed by atoms with Gasteiger partial charge in [-0.2, -0.15) is 0 Å². The predicted molar refractivity (Wildman–Crippen MR) is 103 cm³/mol. The summed E-state index contributed by atoms with van der Waals surface area (Å²) in [6.45, 7) is 2.92. The van der Waals surface area contributed by atoms with Crippen LogP contribution in [0.1, 0.15) is 20.1 Å². The third-order valence-electron chi connectivity index (χ3n) is 4.76. The minimum Gasteiger partial charge on any atom is -0.386 e. The summed E-state index contributed by atoms with van der Waals surface area (Å²) in [6.07, 6.45) is -1.69. The highest BCUT2D eigenvalue weighted by molar-refractivity contribution is 8.08. The molecule has 0 aliphatic carbocycles. The summed E-state index contributed by atoms with van der Waals surface area (Å²) in [7, 11) is 0.